The number of aliphatic hydroxyl groups is 1. The molecule has 0 radical (unpaired) electrons. The van der Waals surface area contributed by atoms with Gasteiger partial charge in [-0.1, -0.05) is 12.1 Å². The molecule has 3 heteroatoms. The molecule has 1 aromatic heterocycles. The highest BCUT2D eigenvalue weighted by atomic mass is 16.5. The van der Waals surface area contributed by atoms with E-state index in [1.54, 1.807) is 12.3 Å². The zero-order valence-electron chi connectivity index (χ0n) is 7.97. The second-order valence-corrected chi connectivity index (χ2v) is 3.42. The molecule has 1 aliphatic heterocycles. The van der Waals surface area contributed by atoms with Crippen molar-refractivity contribution in [2.24, 2.45) is 0 Å². The minimum Gasteiger partial charge on any atom is -0.507 e. The number of aliphatic hydroxyl groups excluding tert-OH is 1. The zero-order chi connectivity index (χ0) is 10.3. The normalized spacial score (nSPS) is 14.3. The van der Waals surface area contributed by atoms with Gasteiger partial charge in [-0.25, -0.2) is 0 Å². The van der Waals surface area contributed by atoms with Gasteiger partial charge >= 0.3 is 0 Å². The van der Waals surface area contributed by atoms with Crippen molar-refractivity contribution < 1.29 is 9.84 Å². The van der Waals surface area contributed by atoms with Crippen molar-refractivity contribution in [3.63, 3.8) is 0 Å². The summed E-state index contributed by atoms with van der Waals surface area (Å²) in [7, 11) is 0. The van der Waals surface area contributed by atoms with Gasteiger partial charge in [-0.05, 0) is 18.2 Å². The fraction of sp³-hybridized carbons (Fsp3) is 0.0833. The lowest BCUT2D eigenvalue weighted by Crippen LogP contribution is -2.05. The molecule has 1 aromatic carbocycles. The summed E-state index contributed by atoms with van der Waals surface area (Å²) in [5, 5.41) is 10.6. The Bertz CT molecular complexity index is 561. The third-order valence-electron chi connectivity index (χ3n) is 2.51. The number of hydrogen-bond donors (Lipinski definition) is 1. The molecule has 0 bridgehead atoms. The molecule has 74 valence electrons. The van der Waals surface area contributed by atoms with E-state index in [0.717, 1.165) is 16.7 Å². The lowest BCUT2D eigenvalue weighted by atomic mass is 10.1. The minimum atomic E-state index is 0.245. The third kappa shape index (κ3) is 1.16. The quantitative estimate of drug-likeness (QED) is 0.708. The Hall–Kier alpha value is -2.03. The molecular weight excluding hydrogens is 190 g/mol. The van der Waals surface area contributed by atoms with Gasteiger partial charge in [-0.2, -0.15) is 0 Å². The fourth-order valence-corrected chi connectivity index (χ4v) is 1.77. The maximum atomic E-state index is 9.66. The number of ether oxygens (including phenoxy) is 1. The summed E-state index contributed by atoms with van der Waals surface area (Å²) < 4.78 is 5.53. The summed E-state index contributed by atoms with van der Waals surface area (Å²) in [6.07, 6.45) is 3.28. The fourth-order valence-electron chi connectivity index (χ4n) is 1.77. The summed E-state index contributed by atoms with van der Waals surface area (Å²) in [4.78, 5) is 4.26. The highest BCUT2D eigenvalue weighted by Gasteiger charge is 2.16. The molecule has 1 N–H and O–H groups in total. The first-order valence-corrected chi connectivity index (χ1v) is 4.76. The van der Waals surface area contributed by atoms with E-state index < -0.39 is 0 Å². The van der Waals surface area contributed by atoms with Gasteiger partial charge in [-0.15, -0.1) is 0 Å². The van der Waals surface area contributed by atoms with Crippen LogP contribution in [0.1, 0.15) is 5.56 Å². The van der Waals surface area contributed by atoms with E-state index in [-0.39, 0.29) is 5.76 Å². The van der Waals surface area contributed by atoms with Crippen LogP contribution in [0.25, 0.3) is 16.7 Å². The van der Waals surface area contributed by atoms with Crippen LogP contribution in [-0.2, 0) is 0 Å². The third-order valence-corrected chi connectivity index (χ3v) is 2.51. The topological polar surface area (TPSA) is 42.4 Å². The van der Waals surface area contributed by atoms with Gasteiger partial charge in [0.15, 0.2) is 0 Å². The van der Waals surface area contributed by atoms with Crippen LogP contribution in [-0.4, -0.2) is 16.7 Å². The molecule has 2 heterocycles. The number of para-hydroxylation sites is 1. The lowest BCUT2D eigenvalue weighted by Gasteiger charge is -2.16. The molecule has 3 rings (SSSR count). The van der Waals surface area contributed by atoms with Crippen molar-refractivity contribution in [3.8, 4) is 5.75 Å². The minimum absolute atomic E-state index is 0.245. The lowest BCUT2D eigenvalue weighted by molar-refractivity contribution is 0.349. The maximum absolute atomic E-state index is 9.66. The van der Waals surface area contributed by atoms with Crippen molar-refractivity contribution in [1.82, 2.24) is 4.98 Å². The summed E-state index contributed by atoms with van der Waals surface area (Å²) in [6, 6.07) is 7.73. The summed E-state index contributed by atoms with van der Waals surface area (Å²) >= 11 is 0. The first-order valence-electron chi connectivity index (χ1n) is 4.76. The van der Waals surface area contributed by atoms with Gasteiger partial charge in [-0.3, -0.25) is 4.98 Å². The van der Waals surface area contributed by atoms with E-state index >= 15 is 0 Å². The second kappa shape index (κ2) is 2.98. The van der Waals surface area contributed by atoms with E-state index in [1.165, 1.54) is 0 Å². The van der Waals surface area contributed by atoms with Gasteiger partial charge < -0.3 is 9.84 Å². The first-order chi connectivity index (χ1) is 7.36. The summed E-state index contributed by atoms with van der Waals surface area (Å²) in [5.74, 6) is 0.968. The molecule has 0 fully saturated rings. The van der Waals surface area contributed by atoms with Crippen molar-refractivity contribution in [3.05, 3.63) is 42.1 Å². The maximum Gasteiger partial charge on any atom is 0.141 e. The summed E-state index contributed by atoms with van der Waals surface area (Å²) in [6.45, 7) is 0.410. The summed E-state index contributed by atoms with van der Waals surface area (Å²) in [5.41, 5.74) is 1.55. The molecule has 3 nitrogen and oxygen atoms in total. The predicted molar refractivity (Wildman–Crippen MR) is 57.8 cm³/mol. The van der Waals surface area contributed by atoms with Gasteiger partial charge in [0.1, 0.15) is 18.1 Å². The highest BCUT2D eigenvalue weighted by Crippen LogP contribution is 2.33. The number of nitrogens with zero attached hydrogens (tertiary/aromatic N) is 1. The van der Waals surface area contributed by atoms with E-state index in [4.69, 9.17) is 4.74 Å². The standard InChI is InChI=1S/C12H9NO2/c14-11-5-6-15-12-8-3-1-2-4-10(8)13-7-9(11)12/h1-5,7,14H,6H2. The predicted octanol–water partition coefficient (Wildman–Crippen LogP) is 2.53. The number of rotatable bonds is 0. The number of aromatic nitrogens is 1. The molecule has 0 saturated carbocycles. The van der Waals surface area contributed by atoms with Gasteiger partial charge in [0, 0.05) is 11.6 Å². The van der Waals surface area contributed by atoms with Crippen LogP contribution in [0.15, 0.2) is 36.5 Å². The van der Waals surface area contributed by atoms with E-state index in [0.29, 0.717) is 12.2 Å². The molecule has 0 unspecified atom stereocenters. The Balaban J connectivity index is 2.39. The average Bonchev–Trinajstić information content (AvgIpc) is 2.29. The van der Waals surface area contributed by atoms with Crippen molar-refractivity contribution in [1.29, 1.82) is 0 Å². The van der Waals surface area contributed by atoms with Gasteiger partial charge in [0.05, 0.1) is 11.1 Å². The molecule has 0 spiro atoms. The van der Waals surface area contributed by atoms with Crippen molar-refractivity contribution in [2.45, 2.75) is 0 Å². The molecule has 0 saturated heterocycles. The Kier molecular flexibility index (Phi) is 1.65. The Morgan fingerprint density at radius 3 is 3.07 bits per heavy atom. The van der Waals surface area contributed by atoms with E-state index in [9.17, 15) is 5.11 Å². The van der Waals surface area contributed by atoms with Crippen LogP contribution in [0.3, 0.4) is 0 Å². The zero-order valence-corrected chi connectivity index (χ0v) is 7.97. The highest BCUT2D eigenvalue weighted by molar-refractivity contribution is 5.90. The number of benzene rings is 1. The molecule has 0 aliphatic carbocycles. The van der Waals surface area contributed by atoms with Crippen LogP contribution < -0.4 is 4.74 Å². The molecular formula is C12H9NO2. The van der Waals surface area contributed by atoms with Crippen LogP contribution in [0.5, 0.6) is 5.75 Å². The van der Waals surface area contributed by atoms with Crippen LogP contribution >= 0.6 is 0 Å². The SMILES string of the molecule is OC1=CCOc2c1cnc1ccccc21. The molecule has 0 atom stereocenters. The number of pyridine rings is 1. The largest absolute Gasteiger partial charge is 0.507 e. The van der Waals surface area contributed by atoms with Crippen molar-refractivity contribution in [2.75, 3.05) is 6.61 Å². The molecule has 1 aliphatic rings. The van der Waals surface area contributed by atoms with Crippen LogP contribution in [0, 0.1) is 0 Å². The van der Waals surface area contributed by atoms with Crippen LogP contribution in [0.4, 0.5) is 0 Å². The second-order valence-electron chi connectivity index (χ2n) is 3.42. The smallest absolute Gasteiger partial charge is 0.141 e. The van der Waals surface area contributed by atoms with Crippen molar-refractivity contribution >= 4 is 16.7 Å². The number of hydrogen-bond acceptors (Lipinski definition) is 3. The van der Waals surface area contributed by atoms with Gasteiger partial charge in [0.25, 0.3) is 0 Å². The monoisotopic (exact) mass is 199 g/mol. The van der Waals surface area contributed by atoms with Crippen LogP contribution in [0.2, 0.25) is 0 Å². The number of fused-ring (bicyclic) bond motifs is 3. The van der Waals surface area contributed by atoms with E-state index in [2.05, 4.69) is 4.98 Å². The average molecular weight is 199 g/mol. The Morgan fingerprint density at radius 1 is 1.27 bits per heavy atom. The molecule has 2 aromatic rings. The Labute approximate surface area is 86.6 Å². The first kappa shape index (κ1) is 8.29. The molecule has 15 heavy (non-hydrogen) atoms. The molecule has 0 amide bonds. The Morgan fingerprint density at radius 2 is 2.13 bits per heavy atom. The van der Waals surface area contributed by atoms with Gasteiger partial charge in [0.2, 0.25) is 0 Å². The van der Waals surface area contributed by atoms with E-state index in [1.807, 2.05) is 24.3 Å².